The molecule has 176 valence electrons. The molecule has 14 heteroatoms. The van der Waals surface area contributed by atoms with Crippen LogP contribution in [-0.2, 0) is 21.4 Å². The van der Waals surface area contributed by atoms with Crippen LogP contribution in [0.15, 0.2) is 45.7 Å². The van der Waals surface area contributed by atoms with E-state index in [1.165, 1.54) is 26.4 Å². The van der Waals surface area contributed by atoms with Crippen LogP contribution in [0.25, 0.3) is 11.5 Å². The van der Waals surface area contributed by atoms with Crippen LogP contribution in [0.5, 0.6) is 11.5 Å². The van der Waals surface area contributed by atoms with Gasteiger partial charge in [0.25, 0.3) is 10.8 Å². The Hall–Kier alpha value is -3.65. The molecule has 1 aromatic heterocycles. The summed E-state index contributed by atoms with van der Waals surface area (Å²) < 4.78 is 69.7. The maximum atomic E-state index is 13.2. The Morgan fingerprint density at radius 1 is 1.09 bits per heavy atom. The normalized spacial score (nSPS) is 11.5. The van der Waals surface area contributed by atoms with E-state index in [2.05, 4.69) is 19.8 Å². The number of nitrogens with one attached hydrogen (secondary N) is 1. The van der Waals surface area contributed by atoms with Gasteiger partial charge in [-0.05, 0) is 12.1 Å². The van der Waals surface area contributed by atoms with E-state index < -0.39 is 33.1 Å². The number of benzene rings is 2. The van der Waals surface area contributed by atoms with Crippen LogP contribution < -0.4 is 14.2 Å². The molecule has 11 nitrogen and oxygen atoms in total. The van der Waals surface area contributed by atoms with Crippen LogP contribution in [0, 0.1) is 4.91 Å². The average Bonchev–Trinajstić information content (AvgIpc) is 3.32. The number of hydrogen-bond acceptors (Lipinski definition) is 9. The highest BCUT2D eigenvalue weighted by Crippen LogP contribution is 2.32. The van der Waals surface area contributed by atoms with Gasteiger partial charge in [-0.1, -0.05) is 6.07 Å². The van der Waals surface area contributed by atoms with Crippen LogP contribution in [0.1, 0.15) is 17.9 Å². The zero-order valence-electron chi connectivity index (χ0n) is 17.6. The Labute approximate surface area is 186 Å². The summed E-state index contributed by atoms with van der Waals surface area (Å²) in [6.45, 7) is -0.198. The first kappa shape index (κ1) is 24.0. The van der Waals surface area contributed by atoms with E-state index in [1.807, 2.05) is 0 Å². The molecular weight excluding hydrogens is 466 g/mol. The van der Waals surface area contributed by atoms with Gasteiger partial charge in [-0.3, -0.25) is 0 Å². The molecule has 1 N–H and O–H groups in total. The molecule has 1 heterocycles. The van der Waals surface area contributed by atoms with Crippen molar-refractivity contribution in [3.8, 4) is 23.0 Å². The van der Waals surface area contributed by atoms with E-state index >= 15 is 0 Å². The predicted molar refractivity (Wildman–Crippen MR) is 109 cm³/mol. The molecule has 0 unspecified atom stereocenters. The van der Waals surface area contributed by atoms with E-state index in [-0.39, 0.29) is 22.7 Å². The Kier molecular flexibility index (Phi) is 7.18. The topological polar surface area (TPSA) is 133 Å². The number of rotatable bonds is 10. The van der Waals surface area contributed by atoms with Gasteiger partial charge in [0.15, 0.2) is 7.11 Å². The van der Waals surface area contributed by atoms with Gasteiger partial charge in [-0.2, -0.15) is 8.78 Å². The molecule has 0 fully saturated rings. The number of hydrogen-bond donors (Lipinski definition) is 1. The standard InChI is InChI=1S/C19H19F2N4O7S/c1-29-13-6-4-11(15(9-13)30-2)10-22-33(27,28)16-8-12(25(26)31-3)5-7-14(16)18-23-24-19(32-18)17(20)21/h4-9,17,22H,10H2,1-3H3/q+1. The number of halogens is 2. The van der Waals surface area contributed by atoms with Crippen LogP contribution >= 0.6 is 0 Å². The highest BCUT2D eigenvalue weighted by Gasteiger charge is 2.29. The summed E-state index contributed by atoms with van der Waals surface area (Å²) in [5.41, 5.74) is 0.133. The molecule has 3 aromatic rings. The lowest BCUT2D eigenvalue weighted by Gasteiger charge is -2.13. The largest absolute Gasteiger partial charge is 0.497 e. The summed E-state index contributed by atoms with van der Waals surface area (Å²) in [6.07, 6.45) is -3.04. The highest BCUT2D eigenvalue weighted by atomic mass is 32.2. The number of sulfonamides is 1. The fourth-order valence-corrected chi connectivity index (χ4v) is 4.03. The molecule has 3 rings (SSSR count). The molecule has 0 atom stereocenters. The molecular formula is C19H19F2N4O7S+. The van der Waals surface area contributed by atoms with E-state index in [1.54, 1.807) is 18.2 Å². The molecule has 0 aliphatic heterocycles. The lowest BCUT2D eigenvalue weighted by molar-refractivity contribution is -0.736. The lowest BCUT2D eigenvalue weighted by Crippen LogP contribution is -2.24. The number of ether oxygens (including phenoxy) is 2. The summed E-state index contributed by atoms with van der Waals surface area (Å²) >= 11 is 0. The molecule has 0 radical (unpaired) electrons. The smallest absolute Gasteiger partial charge is 0.318 e. The van der Waals surface area contributed by atoms with Crippen LogP contribution in [0.2, 0.25) is 0 Å². The van der Waals surface area contributed by atoms with Crippen molar-refractivity contribution in [2.75, 3.05) is 21.3 Å². The third-order valence-electron chi connectivity index (χ3n) is 4.44. The van der Waals surface area contributed by atoms with E-state index in [0.717, 1.165) is 13.2 Å². The van der Waals surface area contributed by atoms with Crippen molar-refractivity contribution in [1.82, 2.24) is 14.9 Å². The van der Waals surface area contributed by atoms with Gasteiger partial charge in [0.2, 0.25) is 15.9 Å². The zero-order valence-corrected chi connectivity index (χ0v) is 18.4. The molecule has 0 spiro atoms. The molecule has 0 bridgehead atoms. The molecule has 0 aliphatic rings. The van der Waals surface area contributed by atoms with Crippen molar-refractivity contribution < 1.29 is 40.9 Å². The summed E-state index contributed by atoms with van der Waals surface area (Å²) in [7, 11) is -0.344. The third kappa shape index (κ3) is 5.23. The average molecular weight is 485 g/mol. The SMILES string of the molecule is COc1ccc(CNS(=O)(=O)c2cc([N+](=O)OC)ccc2-c2nnc(C(F)F)o2)c(OC)c1. The van der Waals surface area contributed by atoms with Gasteiger partial charge in [0.05, 0.1) is 24.7 Å². The monoisotopic (exact) mass is 485 g/mol. The van der Waals surface area contributed by atoms with Crippen molar-refractivity contribution in [3.63, 3.8) is 0 Å². The van der Waals surface area contributed by atoms with Gasteiger partial charge < -0.3 is 13.9 Å². The summed E-state index contributed by atoms with van der Waals surface area (Å²) in [6, 6.07) is 8.18. The minimum absolute atomic E-state index is 0.0771. The number of nitrogens with zero attached hydrogens (tertiary/aromatic N) is 3. The first-order valence-electron chi connectivity index (χ1n) is 9.18. The van der Waals surface area contributed by atoms with Crippen molar-refractivity contribution in [2.24, 2.45) is 0 Å². The van der Waals surface area contributed by atoms with E-state index in [4.69, 9.17) is 13.9 Å². The first-order chi connectivity index (χ1) is 15.7. The molecule has 0 saturated heterocycles. The van der Waals surface area contributed by atoms with Gasteiger partial charge >= 0.3 is 12.1 Å². The maximum Gasteiger partial charge on any atom is 0.318 e. The first-order valence-corrected chi connectivity index (χ1v) is 10.7. The summed E-state index contributed by atoms with van der Waals surface area (Å²) in [5, 5.41) is 6.71. The predicted octanol–water partition coefficient (Wildman–Crippen LogP) is 3.14. The van der Waals surface area contributed by atoms with Crippen molar-refractivity contribution in [2.45, 2.75) is 17.9 Å². The lowest BCUT2D eigenvalue weighted by atomic mass is 10.2. The Morgan fingerprint density at radius 2 is 1.85 bits per heavy atom. The van der Waals surface area contributed by atoms with Crippen LogP contribution in [0.3, 0.4) is 0 Å². The van der Waals surface area contributed by atoms with Crippen molar-refractivity contribution in [3.05, 3.63) is 52.8 Å². The Balaban J connectivity index is 2.01. The van der Waals surface area contributed by atoms with E-state index in [9.17, 15) is 22.1 Å². The van der Waals surface area contributed by atoms with Crippen molar-refractivity contribution >= 4 is 15.7 Å². The fourth-order valence-electron chi connectivity index (χ4n) is 2.81. The van der Waals surface area contributed by atoms with Gasteiger partial charge in [0, 0.05) is 30.3 Å². The number of alkyl halides is 2. The third-order valence-corrected chi connectivity index (χ3v) is 5.88. The minimum Gasteiger partial charge on any atom is -0.497 e. The second kappa shape index (κ2) is 9.87. The molecule has 33 heavy (non-hydrogen) atoms. The van der Waals surface area contributed by atoms with Gasteiger partial charge in [-0.15, -0.1) is 10.2 Å². The Morgan fingerprint density at radius 3 is 2.45 bits per heavy atom. The molecule has 0 aliphatic carbocycles. The quantitative estimate of drug-likeness (QED) is 0.430. The molecule has 0 saturated carbocycles. The number of aromatic nitrogens is 2. The summed E-state index contributed by atoms with van der Waals surface area (Å²) in [5.74, 6) is -0.561. The van der Waals surface area contributed by atoms with E-state index in [0.29, 0.717) is 17.1 Å². The summed E-state index contributed by atoms with van der Waals surface area (Å²) in [4.78, 5) is 16.0. The van der Waals surface area contributed by atoms with Crippen molar-refractivity contribution in [1.29, 1.82) is 0 Å². The highest BCUT2D eigenvalue weighted by molar-refractivity contribution is 7.89. The fraction of sp³-hybridized carbons (Fsp3) is 0.263. The van der Waals surface area contributed by atoms with Crippen LogP contribution in [-0.4, -0.2) is 44.9 Å². The Bertz CT molecular complexity index is 1260. The second-order valence-electron chi connectivity index (χ2n) is 6.37. The van der Waals surface area contributed by atoms with Crippen LogP contribution in [0.4, 0.5) is 14.5 Å². The second-order valence-corrected chi connectivity index (χ2v) is 8.10. The van der Waals surface area contributed by atoms with Gasteiger partial charge in [-0.25, -0.2) is 18.0 Å². The molecule has 0 amide bonds. The molecule has 2 aromatic carbocycles. The number of methoxy groups -OCH3 is 2. The maximum absolute atomic E-state index is 13.2. The zero-order chi connectivity index (χ0) is 24.2. The van der Waals surface area contributed by atoms with Gasteiger partial charge in [0.1, 0.15) is 16.4 Å². The minimum atomic E-state index is -4.33.